The summed E-state index contributed by atoms with van der Waals surface area (Å²) in [7, 11) is -3.54. The van der Waals surface area contributed by atoms with E-state index in [-0.39, 0.29) is 19.6 Å². The lowest BCUT2D eigenvalue weighted by atomic mass is 10.4. The van der Waals surface area contributed by atoms with E-state index in [0.717, 1.165) is 0 Å². The summed E-state index contributed by atoms with van der Waals surface area (Å²) in [5.41, 5.74) is -0.484. The first kappa shape index (κ1) is 14.1. The molecule has 0 bridgehead atoms. The van der Waals surface area contributed by atoms with Crippen LogP contribution in [0.2, 0.25) is 0 Å². The van der Waals surface area contributed by atoms with Crippen molar-refractivity contribution in [3.8, 4) is 0 Å². The molecule has 4 nitrogen and oxygen atoms in total. The van der Waals surface area contributed by atoms with Crippen LogP contribution in [0, 0.1) is 0 Å². The van der Waals surface area contributed by atoms with Crippen LogP contribution in [0.4, 0.5) is 0 Å². The Morgan fingerprint density at radius 2 is 1.79 bits per heavy atom. The van der Waals surface area contributed by atoms with Gasteiger partial charge in [0.1, 0.15) is 0 Å². The zero-order valence-corrected chi connectivity index (χ0v) is 10.1. The van der Waals surface area contributed by atoms with E-state index in [9.17, 15) is 9.36 Å². The fraction of sp³-hybridized carbons (Fsp3) is 0.875. The molecule has 0 rings (SSSR count). The second-order valence-corrected chi connectivity index (χ2v) is 4.91. The lowest BCUT2D eigenvalue weighted by Crippen LogP contribution is -2.07. The molecule has 0 aromatic heterocycles. The number of carbonyl (C=O) groups excluding carboxylic acids is 1. The van der Waals surface area contributed by atoms with Crippen molar-refractivity contribution in [1.82, 2.24) is 0 Å². The first-order chi connectivity index (χ1) is 6.60. The van der Waals surface area contributed by atoms with Gasteiger partial charge in [0, 0.05) is 12.3 Å². The van der Waals surface area contributed by atoms with E-state index in [1.54, 1.807) is 13.8 Å². The first-order valence-corrected chi connectivity index (χ1v) is 6.67. The average molecular weight is 243 g/mol. The molecule has 0 amide bonds. The van der Waals surface area contributed by atoms with E-state index in [0.29, 0.717) is 12.3 Å². The maximum absolute atomic E-state index is 11.8. The van der Waals surface area contributed by atoms with Crippen molar-refractivity contribution in [1.29, 1.82) is 0 Å². The third-order valence-corrected chi connectivity index (χ3v) is 3.73. The fourth-order valence-electron chi connectivity index (χ4n) is 0.876. The van der Waals surface area contributed by atoms with Crippen molar-refractivity contribution in [2.75, 3.05) is 19.1 Å². The van der Waals surface area contributed by atoms with Gasteiger partial charge in [-0.1, -0.05) is 0 Å². The second kappa shape index (κ2) is 7.41. The van der Waals surface area contributed by atoms with Gasteiger partial charge in [-0.15, -0.1) is 11.6 Å². The van der Waals surface area contributed by atoms with Crippen molar-refractivity contribution in [2.24, 2.45) is 0 Å². The van der Waals surface area contributed by atoms with Crippen LogP contribution in [0.25, 0.3) is 0 Å². The van der Waals surface area contributed by atoms with Crippen LogP contribution >= 0.6 is 19.2 Å². The minimum Gasteiger partial charge on any atom is -0.303 e. The highest BCUT2D eigenvalue weighted by Crippen LogP contribution is 2.50. The molecule has 0 radical (unpaired) electrons. The molecule has 0 aliphatic heterocycles. The monoisotopic (exact) mass is 242 g/mol. The summed E-state index contributed by atoms with van der Waals surface area (Å²) in [5.74, 6) is 0.365. The molecule has 14 heavy (non-hydrogen) atoms. The van der Waals surface area contributed by atoms with Crippen molar-refractivity contribution < 1.29 is 18.4 Å². The number of alkyl halides is 1. The van der Waals surface area contributed by atoms with Gasteiger partial charge in [-0.3, -0.25) is 9.36 Å². The summed E-state index contributed by atoms with van der Waals surface area (Å²) >= 11 is 5.43. The predicted molar refractivity (Wildman–Crippen MR) is 55.8 cm³/mol. The molecular weight excluding hydrogens is 227 g/mol. The normalized spacial score (nSPS) is 11.6. The molecule has 0 N–H and O–H groups in total. The van der Waals surface area contributed by atoms with Crippen LogP contribution < -0.4 is 0 Å². The Kier molecular flexibility index (Phi) is 7.47. The van der Waals surface area contributed by atoms with Gasteiger partial charge in [0.25, 0.3) is 0 Å². The highest BCUT2D eigenvalue weighted by molar-refractivity contribution is 7.71. The summed E-state index contributed by atoms with van der Waals surface area (Å²) in [6.07, 6.45) is 0.630. The predicted octanol–water partition coefficient (Wildman–Crippen LogP) is 2.80. The van der Waals surface area contributed by atoms with E-state index in [2.05, 4.69) is 0 Å². The number of carbonyl (C=O) groups is 1. The van der Waals surface area contributed by atoms with Gasteiger partial charge < -0.3 is 9.05 Å². The summed E-state index contributed by atoms with van der Waals surface area (Å²) in [5, 5.41) is 0. The van der Waals surface area contributed by atoms with Crippen LogP contribution in [-0.2, 0) is 18.4 Å². The van der Waals surface area contributed by atoms with Crippen molar-refractivity contribution in [3.63, 3.8) is 0 Å². The van der Waals surface area contributed by atoms with Gasteiger partial charge >= 0.3 is 7.60 Å². The van der Waals surface area contributed by atoms with Crippen molar-refractivity contribution in [3.05, 3.63) is 0 Å². The van der Waals surface area contributed by atoms with Gasteiger partial charge in [0.2, 0.25) is 5.52 Å². The van der Waals surface area contributed by atoms with E-state index in [1.807, 2.05) is 0 Å². The molecule has 0 aliphatic rings. The van der Waals surface area contributed by atoms with Crippen LogP contribution in [0.15, 0.2) is 0 Å². The van der Waals surface area contributed by atoms with Crippen LogP contribution in [0.1, 0.15) is 26.7 Å². The zero-order chi connectivity index (χ0) is 11.0. The summed E-state index contributed by atoms with van der Waals surface area (Å²) < 4.78 is 21.5. The number of hydrogen-bond acceptors (Lipinski definition) is 4. The Morgan fingerprint density at radius 3 is 2.14 bits per heavy atom. The first-order valence-electron chi connectivity index (χ1n) is 4.59. The Bertz CT molecular complexity index is 209. The van der Waals surface area contributed by atoms with Crippen LogP contribution in [0.5, 0.6) is 0 Å². The molecule has 0 heterocycles. The Hall–Kier alpha value is 0.110. The lowest BCUT2D eigenvalue weighted by molar-refractivity contribution is -0.114. The summed E-state index contributed by atoms with van der Waals surface area (Å²) in [4.78, 5) is 11.4. The largest absolute Gasteiger partial charge is 0.396 e. The molecule has 6 heteroatoms. The van der Waals surface area contributed by atoms with Crippen molar-refractivity contribution >= 4 is 24.7 Å². The molecule has 0 fully saturated rings. The lowest BCUT2D eigenvalue weighted by Gasteiger charge is -2.14. The van der Waals surface area contributed by atoms with E-state index in [4.69, 9.17) is 20.6 Å². The van der Waals surface area contributed by atoms with Crippen LogP contribution in [0.3, 0.4) is 0 Å². The Balaban J connectivity index is 4.31. The molecule has 84 valence electrons. The number of halogens is 1. The maximum atomic E-state index is 11.8. The summed E-state index contributed by atoms with van der Waals surface area (Å²) in [6.45, 7) is 3.73. The van der Waals surface area contributed by atoms with Crippen LogP contribution in [-0.4, -0.2) is 24.6 Å². The SMILES string of the molecule is CCOP(=O)(OCC)C(=O)CCCCl. The van der Waals surface area contributed by atoms with Gasteiger partial charge in [0.15, 0.2) is 0 Å². The molecule has 0 aliphatic carbocycles. The number of hydrogen-bond donors (Lipinski definition) is 0. The minimum atomic E-state index is -3.54. The van der Waals surface area contributed by atoms with E-state index >= 15 is 0 Å². The standard InChI is InChI=1S/C8H16ClO4P/c1-3-12-14(11,13-4-2)8(10)6-5-7-9/h3-7H2,1-2H3. The average Bonchev–Trinajstić information content (AvgIpc) is 2.15. The molecular formula is C8H16ClO4P. The third kappa shape index (κ3) is 4.56. The van der Waals surface area contributed by atoms with E-state index in [1.165, 1.54) is 0 Å². The molecule has 0 aromatic carbocycles. The van der Waals surface area contributed by atoms with E-state index < -0.39 is 13.1 Å². The molecule has 0 aromatic rings. The second-order valence-electron chi connectivity index (χ2n) is 2.52. The molecule has 0 spiro atoms. The van der Waals surface area contributed by atoms with Crippen molar-refractivity contribution in [2.45, 2.75) is 26.7 Å². The van der Waals surface area contributed by atoms with Gasteiger partial charge in [-0.05, 0) is 20.3 Å². The maximum Gasteiger partial charge on any atom is 0.396 e. The third-order valence-electron chi connectivity index (χ3n) is 1.43. The smallest absolute Gasteiger partial charge is 0.303 e. The highest BCUT2D eigenvalue weighted by atomic mass is 35.5. The summed E-state index contributed by atoms with van der Waals surface area (Å²) in [6, 6.07) is 0. The Labute approximate surface area is 89.4 Å². The zero-order valence-electron chi connectivity index (χ0n) is 8.49. The molecule has 0 saturated heterocycles. The Morgan fingerprint density at radius 1 is 1.29 bits per heavy atom. The molecule has 0 saturated carbocycles. The molecule has 0 atom stereocenters. The van der Waals surface area contributed by atoms with Gasteiger partial charge in [-0.25, -0.2) is 0 Å². The fourth-order valence-corrected chi connectivity index (χ4v) is 2.48. The minimum absolute atomic E-state index is 0.140. The quantitative estimate of drug-likeness (QED) is 0.485. The molecule has 0 unspecified atom stereocenters. The highest BCUT2D eigenvalue weighted by Gasteiger charge is 2.32. The van der Waals surface area contributed by atoms with Gasteiger partial charge in [-0.2, -0.15) is 0 Å². The van der Waals surface area contributed by atoms with Gasteiger partial charge in [0.05, 0.1) is 13.2 Å². The topological polar surface area (TPSA) is 52.6 Å². The number of rotatable bonds is 8.